The van der Waals surface area contributed by atoms with Crippen LogP contribution in [0.4, 0.5) is 5.69 Å². The normalized spacial score (nSPS) is 29.1. The highest BCUT2D eigenvalue weighted by Gasteiger charge is 2.51. The molecule has 1 aromatic carbocycles. The van der Waals surface area contributed by atoms with Gasteiger partial charge in [-0.25, -0.2) is 0 Å². The van der Waals surface area contributed by atoms with Gasteiger partial charge in [-0.1, -0.05) is 24.3 Å². The zero-order valence-electron chi connectivity index (χ0n) is 11.2. The second-order valence-corrected chi connectivity index (χ2v) is 5.48. The molecule has 0 radical (unpaired) electrons. The highest BCUT2D eigenvalue weighted by molar-refractivity contribution is 5.97. The van der Waals surface area contributed by atoms with E-state index >= 15 is 0 Å². The van der Waals surface area contributed by atoms with Gasteiger partial charge in [0, 0.05) is 0 Å². The van der Waals surface area contributed by atoms with Crippen molar-refractivity contribution in [3.8, 4) is 6.07 Å². The molecule has 5 nitrogen and oxygen atoms in total. The zero-order valence-corrected chi connectivity index (χ0v) is 11.2. The molecule has 0 spiro atoms. The number of para-hydroxylation sites is 1. The molecule has 2 aliphatic carbocycles. The first kappa shape index (κ1) is 13.4. The van der Waals surface area contributed by atoms with E-state index in [9.17, 15) is 14.7 Å². The fourth-order valence-electron chi connectivity index (χ4n) is 3.42. The van der Waals surface area contributed by atoms with Crippen LogP contribution in [0.2, 0.25) is 0 Å². The van der Waals surface area contributed by atoms with Crippen LogP contribution in [0.3, 0.4) is 0 Å². The van der Waals surface area contributed by atoms with E-state index in [4.69, 9.17) is 5.26 Å². The van der Waals surface area contributed by atoms with Crippen molar-refractivity contribution in [2.24, 2.45) is 23.7 Å². The third-order valence-electron chi connectivity index (χ3n) is 4.35. The lowest BCUT2D eigenvalue weighted by Crippen LogP contribution is -2.36. The highest BCUT2D eigenvalue weighted by atomic mass is 16.4. The Bertz CT molecular complexity index is 674. The number of aliphatic carboxylic acids is 1. The van der Waals surface area contributed by atoms with Crippen LogP contribution in [0, 0.1) is 35.0 Å². The Morgan fingerprint density at radius 2 is 1.86 bits per heavy atom. The summed E-state index contributed by atoms with van der Waals surface area (Å²) >= 11 is 0. The van der Waals surface area contributed by atoms with E-state index in [-0.39, 0.29) is 17.7 Å². The van der Waals surface area contributed by atoms with Gasteiger partial charge in [-0.3, -0.25) is 9.59 Å². The summed E-state index contributed by atoms with van der Waals surface area (Å²) in [6.07, 6.45) is 4.55. The third kappa shape index (κ3) is 2.19. The molecule has 0 aromatic heterocycles. The fraction of sp³-hybridized carbons (Fsp3) is 0.312. The molecule has 106 valence electrons. The molecule has 0 unspecified atom stereocenters. The van der Waals surface area contributed by atoms with Crippen molar-refractivity contribution >= 4 is 17.6 Å². The average Bonchev–Trinajstić information content (AvgIpc) is 3.08. The van der Waals surface area contributed by atoms with Gasteiger partial charge in [0.2, 0.25) is 5.91 Å². The lowest BCUT2D eigenvalue weighted by molar-refractivity contribution is -0.146. The van der Waals surface area contributed by atoms with E-state index in [0.717, 1.165) is 6.42 Å². The lowest BCUT2D eigenvalue weighted by atomic mass is 9.82. The van der Waals surface area contributed by atoms with E-state index in [2.05, 4.69) is 5.32 Å². The number of fused-ring (bicyclic) bond motifs is 2. The largest absolute Gasteiger partial charge is 0.481 e. The first-order valence-corrected chi connectivity index (χ1v) is 6.83. The van der Waals surface area contributed by atoms with Gasteiger partial charge in [-0.15, -0.1) is 0 Å². The minimum absolute atomic E-state index is 0.0228. The van der Waals surface area contributed by atoms with Gasteiger partial charge in [-0.05, 0) is 30.4 Å². The maximum Gasteiger partial charge on any atom is 0.307 e. The van der Waals surface area contributed by atoms with Crippen LogP contribution in [0.1, 0.15) is 12.0 Å². The highest BCUT2D eigenvalue weighted by Crippen LogP contribution is 2.48. The van der Waals surface area contributed by atoms with Crippen molar-refractivity contribution in [2.45, 2.75) is 6.42 Å². The molecule has 1 saturated carbocycles. The number of carbonyl (C=O) groups is 2. The van der Waals surface area contributed by atoms with Crippen molar-refractivity contribution in [1.82, 2.24) is 0 Å². The summed E-state index contributed by atoms with van der Waals surface area (Å²) < 4.78 is 0. The molecule has 1 fully saturated rings. The van der Waals surface area contributed by atoms with Gasteiger partial charge in [0.15, 0.2) is 0 Å². The van der Waals surface area contributed by atoms with Gasteiger partial charge < -0.3 is 10.4 Å². The minimum atomic E-state index is -0.930. The molecule has 5 heteroatoms. The van der Waals surface area contributed by atoms with Gasteiger partial charge in [0.25, 0.3) is 0 Å². The molecular formula is C16H14N2O3. The number of amides is 1. The number of nitrogens with zero attached hydrogens (tertiary/aromatic N) is 1. The number of nitrogens with one attached hydrogen (secondary N) is 1. The van der Waals surface area contributed by atoms with Crippen molar-refractivity contribution in [3.05, 3.63) is 42.0 Å². The van der Waals surface area contributed by atoms with Crippen LogP contribution in [-0.4, -0.2) is 17.0 Å². The number of hydrogen-bond donors (Lipinski definition) is 2. The van der Waals surface area contributed by atoms with Gasteiger partial charge in [0.1, 0.15) is 6.07 Å². The predicted octanol–water partition coefficient (Wildman–Crippen LogP) is 2.02. The van der Waals surface area contributed by atoms with Crippen molar-refractivity contribution in [1.29, 1.82) is 5.26 Å². The van der Waals surface area contributed by atoms with Crippen LogP contribution in [-0.2, 0) is 9.59 Å². The maximum absolute atomic E-state index is 12.5. The van der Waals surface area contributed by atoms with Crippen LogP contribution in [0.25, 0.3) is 0 Å². The maximum atomic E-state index is 12.5. The van der Waals surface area contributed by atoms with Crippen LogP contribution >= 0.6 is 0 Å². The van der Waals surface area contributed by atoms with Gasteiger partial charge in [-0.2, -0.15) is 5.26 Å². The summed E-state index contributed by atoms with van der Waals surface area (Å²) in [7, 11) is 0. The van der Waals surface area contributed by atoms with Crippen molar-refractivity contribution in [3.63, 3.8) is 0 Å². The summed E-state index contributed by atoms with van der Waals surface area (Å²) in [5, 5.41) is 21.1. The first-order chi connectivity index (χ1) is 10.1. The summed E-state index contributed by atoms with van der Waals surface area (Å²) in [6, 6.07) is 8.72. The third-order valence-corrected chi connectivity index (χ3v) is 4.35. The average molecular weight is 282 g/mol. The summed E-state index contributed by atoms with van der Waals surface area (Å²) in [5.41, 5.74) is 0.803. The standard InChI is InChI=1S/C16H14N2O3/c17-8-11-3-1-2-4-12(11)18-15(19)13-9-5-6-10(7-9)14(13)16(20)21/h1-6,9-10,13-14H,7H2,(H,18,19)(H,20,21)/t9-,10-,13+,14+/m0/s1. The van der Waals surface area contributed by atoms with E-state index < -0.39 is 17.8 Å². The number of nitriles is 1. The number of carbonyl (C=O) groups excluding carboxylic acids is 1. The van der Waals surface area contributed by atoms with E-state index in [1.807, 2.05) is 18.2 Å². The number of hydrogen-bond acceptors (Lipinski definition) is 3. The molecular weight excluding hydrogens is 268 g/mol. The molecule has 0 saturated heterocycles. The number of allylic oxidation sites excluding steroid dienone is 2. The molecule has 21 heavy (non-hydrogen) atoms. The number of carboxylic acids is 1. The minimum Gasteiger partial charge on any atom is -0.481 e. The Hall–Kier alpha value is -2.61. The molecule has 4 atom stereocenters. The molecule has 2 aliphatic rings. The first-order valence-electron chi connectivity index (χ1n) is 6.83. The van der Waals surface area contributed by atoms with E-state index in [0.29, 0.717) is 11.3 Å². The smallest absolute Gasteiger partial charge is 0.307 e. The second-order valence-electron chi connectivity index (χ2n) is 5.48. The summed E-state index contributed by atoms with van der Waals surface area (Å²) in [6.45, 7) is 0. The number of carboxylic acid groups (broad SMARTS) is 1. The van der Waals surface area contributed by atoms with Crippen LogP contribution in [0.5, 0.6) is 0 Å². The SMILES string of the molecule is N#Cc1ccccc1NC(=O)[C@H]1[C@H](C(=O)O)[C@H]2C=C[C@H]1C2. The van der Waals surface area contributed by atoms with Crippen LogP contribution < -0.4 is 5.32 Å². The second kappa shape index (κ2) is 5.06. The Kier molecular flexibility index (Phi) is 3.22. The molecule has 3 rings (SSSR count). The Morgan fingerprint density at radius 1 is 1.19 bits per heavy atom. The summed E-state index contributed by atoms with van der Waals surface area (Å²) in [5.74, 6) is -2.57. The predicted molar refractivity (Wildman–Crippen MR) is 75.1 cm³/mol. The van der Waals surface area contributed by atoms with Crippen molar-refractivity contribution in [2.75, 3.05) is 5.32 Å². The van der Waals surface area contributed by atoms with E-state index in [1.54, 1.807) is 24.3 Å². The lowest BCUT2D eigenvalue weighted by Gasteiger charge is -2.24. The molecule has 1 amide bonds. The number of rotatable bonds is 3. The molecule has 0 heterocycles. The Balaban J connectivity index is 1.84. The zero-order chi connectivity index (χ0) is 15.0. The molecule has 1 aromatic rings. The molecule has 0 aliphatic heterocycles. The summed E-state index contributed by atoms with van der Waals surface area (Å²) in [4.78, 5) is 23.9. The van der Waals surface area contributed by atoms with Gasteiger partial charge in [0.05, 0.1) is 23.1 Å². The fourth-order valence-corrected chi connectivity index (χ4v) is 3.42. The molecule has 2 bridgehead atoms. The number of anilines is 1. The number of benzene rings is 1. The monoisotopic (exact) mass is 282 g/mol. The van der Waals surface area contributed by atoms with Crippen molar-refractivity contribution < 1.29 is 14.7 Å². The van der Waals surface area contributed by atoms with Crippen LogP contribution in [0.15, 0.2) is 36.4 Å². The Labute approximate surface area is 121 Å². The Morgan fingerprint density at radius 3 is 2.52 bits per heavy atom. The topological polar surface area (TPSA) is 90.2 Å². The van der Waals surface area contributed by atoms with E-state index in [1.165, 1.54) is 0 Å². The van der Waals surface area contributed by atoms with Gasteiger partial charge >= 0.3 is 5.97 Å². The quantitative estimate of drug-likeness (QED) is 0.830. The molecule has 2 N–H and O–H groups in total.